The molecule has 0 saturated carbocycles. The summed E-state index contributed by atoms with van der Waals surface area (Å²) in [5.74, 6) is 0. The van der Waals surface area contributed by atoms with Gasteiger partial charge in [-0.3, -0.25) is 4.52 Å². The highest BCUT2D eigenvalue weighted by Crippen LogP contribution is 2.46. The van der Waals surface area contributed by atoms with E-state index < -0.39 is 7.75 Å². The van der Waals surface area contributed by atoms with Gasteiger partial charge in [0.15, 0.2) is 0 Å². The van der Waals surface area contributed by atoms with Crippen LogP contribution in [0.25, 0.3) is 0 Å². The van der Waals surface area contributed by atoms with Gasteiger partial charge in [0, 0.05) is 13.1 Å². The Hall–Kier alpha value is 0.110. The smallest absolute Gasteiger partial charge is 0.312 e. The van der Waals surface area contributed by atoms with Crippen LogP contribution in [0.4, 0.5) is 0 Å². The summed E-state index contributed by atoms with van der Waals surface area (Å²) >= 11 is 0. The highest BCUT2D eigenvalue weighted by atomic mass is 31.2. The van der Waals surface area contributed by atoms with Crippen LogP contribution in [0.2, 0.25) is 0 Å². The topological polar surface area (TPSA) is 49.8 Å². The summed E-state index contributed by atoms with van der Waals surface area (Å²) < 4.78 is 19.7. The molecule has 5 heteroatoms. The average Bonchev–Trinajstić information content (AvgIpc) is 2.88. The molecule has 0 aromatic heterocycles. The maximum atomic E-state index is 12.7. The van der Waals surface area contributed by atoms with Gasteiger partial charge in [-0.1, -0.05) is 168 Å². The minimum Gasteiger partial charge on any atom is -0.312 e. The Labute approximate surface area is 233 Å². The monoisotopic (exact) mass is 545 g/mol. The third-order valence-electron chi connectivity index (χ3n) is 7.69. The van der Waals surface area contributed by atoms with Gasteiger partial charge in [-0.2, -0.15) is 0 Å². The Morgan fingerprint density at radius 1 is 0.459 bits per heavy atom. The van der Waals surface area contributed by atoms with Gasteiger partial charge >= 0.3 is 7.75 Å². The summed E-state index contributed by atoms with van der Waals surface area (Å²) in [5, 5.41) is 0. The molecule has 37 heavy (non-hydrogen) atoms. The van der Waals surface area contributed by atoms with E-state index in [1.165, 1.54) is 141 Å². The Kier molecular flexibility index (Phi) is 29.2. The first-order valence-corrected chi connectivity index (χ1v) is 18.3. The lowest BCUT2D eigenvalue weighted by Gasteiger charge is -2.26. The summed E-state index contributed by atoms with van der Waals surface area (Å²) in [5.41, 5.74) is 0. The van der Waals surface area contributed by atoms with E-state index in [1.54, 1.807) is 11.6 Å². The van der Waals surface area contributed by atoms with Crippen molar-refractivity contribution < 1.29 is 14.0 Å². The van der Waals surface area contributed by atoms with Crippen molar-refractivity contribution in [2.75, 3.05) is 19.7 Å². The van der Waals surface area contributed by atoms with Crippen molar-refractivity contribution in [3.05, 3.63) is 0 Å². The molecule has 1 atom stereocenters. The second kappa shape index (κ2) is 29.1. The molecule has 0 fully saturated rings. The van der Waals surface area contributed by atoms with Gasteiger partial charge in [0.05, 0.1) is 6.61 Å². The molecule has 224 valence electrons. The number of rotatable bonds is 31. The van der Waals surface area contributed by atoms with Crippen molar-refractivity contribution >= 4 is 7.75 Å². The van der Waals surface area contributed by atoms with E-state index in [0.717, 1.165) is 25.7 Å². The van der Waals surface area contributed by atoms with E-state index in [-0.39, 0.29) is 0 Å². The van der Waals surface area contributed by atoms with Crippen molar-refractivity contribution in [3.8, 4) is 0 Å². The highest BCUT2D eigenvalue weighted by Gasteiger charge is 2.28. The van der Waals surface area contributed by atoms with Gasteiger partial charge < -0.3 is 4.89 Å². The largest absolute Gasteiger partial charge is 0.405 e. The fraction of sp³-hybridized carbons (Fsp3) is 1.00. The molecule has 1 unspecified atom stereocenters. The van der Waals surface area contributed by atoms with Gasteiger partial charge in [-0.25, -0.2) is 9.24 Å². The molecule has 0 aliphatic heterocycles. The van der Waals surface area contributed by atoms with E-state index >= 15 is 0 Å². The minimum atomic E-state index is -3.64. The lowest BCUT2D eigenvalue weighted by Crippen LogP contribution is -2.24. The van der Waals surface area contributed by atoms with Crippen molar-refractivity contribution in [1.29, 1.82) is 0 Å². The summed E-state index contributed by atoms with van der Waals surface area (Å²) in [6.45, 7) is 8.02. The first-order valence-electron chi connectivity index (χ1n) is 16.8. The van der Waals surface area contributed by atoms with Gasteiger partial charge in [-0.05, 0) is 19.8 Å². The van der Waals surface area contributed by atoms with Crippen LogP contribution in [0, 0.1) is 0 Å². The van der Waals surface area contributed by atoms with E-state index in [9.17, 15) is 9.46 Å². The van der Waals surface area contributed by atoms with Crippen LogP contribution in [0.1, 0.15) is 188 Å². The molecular weight excluding hydrogens is 477 g/mol. The Balaban J connectivity index is 3.78. The second-order valence-electron chi connectivity index (χ2n) is 11.3. The lowest BCUT2D eigenvalue weighted by molar-refractivity contribution is 0.206. The summed E-state index contributed by atoms with van der Waals surface area (Å²) in [4.78, 5) is 10.4. The van der Waals surface area contributed by atoms with Crippen LogP contribution >= 0.6 is 7.75 Å². The molecule has 0 radical (unpaired) electrons. The first-order chi connectivity index (χ1) is 18.1. The Bertz CT molecular complexity index is 459. The molecule has 0 bridgehead atoms. The molecular formula is C32H68NO3P. The zero-order valence-electron chi connectivity index (χ0n) is 25.7. The Morgan fingerprint density at radius 2 is 0.703 bits per heavy atom. The lowest BCUT2D eigenvalue weighted by atomic mass is 10.0. The maximum absolute atomic E-state index is 12.7. The summed E-state index contributed by atoms with van der Waals surface area (Å²) in [6.07, 6.45) is 34.3. The van der Waals surface area contributed by atoms with Crippen LogP contribution in [0.5, 0.6) is 0 Å². The van der Waals surface area contributed by atoms with Crippen LogP contribution in [0.15, 0.2) is 0 Å². The van der Waals surface area contributed by atoms with Crippen LogP contribution in [-0.2, 0) is 9.09 Å². The predicted molar refractivity (Wildman–Crippen MR) is 164 cm³/mol. The standard InChI is InChI=1S/C32H68NO3P/c1-4-7-9-11-13-15-17-19-21-23-25-27-29-31-33(37(34,35)36-6-3)32-30-28-26-24-22-20-18-16-14-12-10-8-5-2/h4-32H2,1-3H3,(H,34,35). The van der Waals surface area contributed by atoms with Crippen LogP contribution in [0.3, 0.4) is 0 Å². The number of hydrogen-bond donors (Lipinski definition) is 1. The SMILES string of the molecule is CCCCCCCCCCCCCCCN(CCCCCCCCCCCCCCC)P(=O)(O)OCC. The van der Waals surface area contributed by atoms with E-state index in [4.69, 9.17) is 4.52 Å². The average molecular weight is 546 g/mol. The zero-order chi connectivity index (χ0) is 27.3. The quantitative estimate of drug-likeness (QED) is 0.0695. The number of unbranched alkanes of at least 4 members (excludes halogenated alkanes) is 24. The molecule has 1 N–H and O–H groups in total. The highest BCUT2D eigenvalue weighted by molar-refractivity contribution is 7.50. The van der Waals surface area contributed by atoms with Crippen LogP contribution in [-0.4, -0.2) is 29.3 Å². The zero-order valence-corrected chi connectivity index (χ0v) is 26.6. The molecule has 0 aliphatic rings. The fourth-order valence-corrected chi connectivity index (χ4v) is 6.53. The fourth-order valence-electron chi connectivity index (χ4n) is 5.24. The number of nitrogens with zero attached hydrogens (tertiary/aromatic N) is 1. The normalized spacial score (nSPS) is 13.4. The predicted octanol–water partition coefficient (Wildman–Crippen LogP) is 11.6. The maximum Gasteiger partial charge on any atom is 0.405 e. The van der Waals surface area contributed by atoms with Gasteiger partial charge in [0.25, 0.3) is 0 Å². The molecule has 0 saturated heterocycles. The van der Waals surface area contributed by atoms with Crippen molar-refractivity contribution in [2.45, 2.75) is 188 Å². The summed E-state index contributed by atoms with van der Waals surface area (Å²) in [6, 6.07) is 0. The van der Waals surface area contributed by atoms with E-state index in [1.807, 2.05) is 0 Å². The van der Waals surface area contributed by atoms with Crippen molar-refractivity contribution in [2.24, 2.45) is 0 Å². The molecule has 0 spiro atoms. The van der Waals surface area contributed by atoms with Crippen molar-refractivity contribution in [1.82, 2.24) is 4.67 Å². The molecule has 0 aliphatic carbocycles. The third-order valence-corrected chi connectivity index (χ3v) is 9.40. The molecule has 0 heterocycles. The second-order valence-corrected chi connectivity index (χ2v) is 13.2. The van der Waals surface area contributed by atoms with Gasteiger partial charge in [0.1, 0.15) is 0 Å². The van der Waals surface area contributed by atoms with Gasteiger partial charge in [0.2, 0.25) is 0 Å². The number of hydrogen-bond acceptors (Lipinski definition) is 2. The Morgan fingerprint density at radius 3 is 0.946 bits per heavy atom. The first kappa shape index (κ1) is 37.1. The summed E-state index contributed by atoms with van der Waals surface area (Å²) in [7, 11) is -3.64. The van der Waals surface area contributed by atoms with E-state index in [0.29, 0.717) is 19.7 Å². The van der Waals surface area contributed by atoms with Crippen LogP contribution < -0.4 is 0 Å². The third kappa shape index (κ3) is 26.1. The van der Waals surface area contributed by atoms with Gasteiger partial charge in [-0.15, -0.1) is 0 Å². The molecule has 0 rings (SSSR count). The molecule has 0 aromatic carbocycles. The van der Waals surface area contributed by atoms with E-state index in [2.05, 4.69) is 13.8 Å². The minimum absolute atomic E-state index is 0.293. The molecule has 4 nitrogen and oxygen atoms in total. The molecule has 0 aromatic rings. The molecule has 0 amide bonds. The van der Waals surface area contributed by atoms with Crippen molar-refractivity contribution in [3.63, 3.8) is 0 Å².